The average Bonchev–Trinajstić information content (AvgIpc) is 2.91. The van der Waals surface area contributed by atoms with Gasteiger partial charge in [0.2, 0.25) is 5.91 Å². The number of nitrogens with one attached hydrogen (secondary N) is 1. The van der Waals surface area contributed by atoms with E-state index in [-0.39, 0.29) is 18.2 Å². The van der Waals surface area contributed by atoms with Gasteiger partial charge in [0.05, 0.1) is 24.8 Å². The Balaban J connectivity index is 1.57. The lowest BCUT2D eigenvalue weighted by Gasteiger charge is -2.17. The Bertz CT molecular complexity index is 651. The van der Waals surface area contributed by atoms with Crippen molar-refractivity contribution in [3.63, 3.8) is 0 Å². The van der Waals surface area contributed by atoms with Crippen LogP contribution >= 0.6 is 0 Å². The van der Waals surface area contributed by atoms with Crippen molar-refractivity contribution < 1.29 is 14.3 Å². The molecule has 5 heteroatoms. The van der Waals surface area contributed by atoms with Gasteiger partial charge >= 0.3 is 0 Å². The molecular formula is C20H26N2O3. The lowest BCUT2D eigenvalue weighted by Crippen LogP contribution is -2.39. The van der Waals surface area contributed by atoms with Crippen LogP contribution < -0.4 is 15.0 Å². The number of imide groups is 1. The summed E-state index contributed by atoms with van der Waals surface area (Å²) in [6.07, 6.45) is 8.38. The molecule has 0 radical (unpaired) electrons. The third-order valence-corrected chi connectivity index (χ3v) is 4.77. The van der Waals surface area contributed by atoms with Crippen molar-refractivity contribution >= 4 is 17.5 Å². The summed E-state index contributed by atoms with van der Waals surface area (Å²) < 4.78 is 5.40. The van der Waals surface area contributed by atoms with E-state index in [1.807, 2.05) is 6.92 Å². The molecule has 1 unspecified atom stereocenters. The molecule has 3 rings (SSSR count). The number of carbonyl (C=O) groups is 2. The Morgan fingerprint density at radius 1 is 1.20 bits per heavy atom. The molecule has 1 aromatic carbocycles. The molecule has 1 N–H and O–H groups in total. The highest BCUT2D eigenvalue weighted by Crippen LogP contribution is 2.25. The summed E-state index contributed by atoms with van der Waals surface area (Å²) in [4.78, 5) is 26.2. The number of carbonyl (C=O) groups excluding carboxylic acids is 2. The molecule has 2 amide bonds. The first-order valence-electron chi connectivity index (χ1n) is 9.20. The van der Waals surface area contributed by atoms with Crippen molar-refractivity contribution in [2.45, 2.75) is 51.5 Å². The maximum Gasteiger partial charge on any atom is 0.251 e. The van der Waals surface area contributed by atoms with E-state index in [1.165, 1.54) is 29.7 Å². The van der Waals surface area contributed by atoms with Crippen molar-refractivity contribution in [1.29, 1.82) is 0 Å². The standard InChI is InChI=1S/C20H26N2O3/c1-2-25-17-10-8-16(9-11-17)22-19(23)14-18(20(22)24)21-13-12-15-6-4-3-5-7-15/h6,8-11,18,21H,2-5,7,12-14H2,1H3. The van der Waals surface area contributed by atoms with Gasteiger partial charge in [-0.3, -0.25) is 9.59 Å². The van der Waals surface area contributed by atoms with Crippen LogP contribution in [0.2, 0.25) is 0 Å². The largest absolute Gasteiger partial charge is 0.494 e. The van der Waals surface area contributed by atoms with E-state index in [0.29, 0.717) is 12.3 Å². The van der Waals surface area contributed by atoms with Crippen LogP contribution in [0.5, 0.6) is 5.75 Å². The summed E-state index contributed by atoms with van der Waals surface area (Å²) >= 11 is 0. The van der Waals surface area contributed by atoms with Crippen LogP contribution in [0.1, 0.15) is 45.4 Å². The number of rotatable bonds is 7. The molecule has 0 saturated carbocycles. The topological polar surface area (TPSA) is 58.6 Å². The highest BCUT2D eigenvalue weighted by molar-refractivity contribution is 6.22. The van der Waals surface area contributed by atoms with Gasteiger partial charge in [-0.15, -0.1) is 0 Å². The van der Waals surface area contributed by atoms with E-state index in [4.69, 9.17) is 4.74 Å². The fraction of sp³-hybridized carbons (Fsp3) is 0.500. The zero-order valence-electron chi connectivity index (χ0n) is 14.8. The van der Waals surface area contributed by atoms with Crippen LogP contribution in [0.3, 0.4) is 0 Å². The second-order valence-corrected chi connectivity index (χ2v) is 6.56. The molecule has 1 heterocycles. The first-order valence-corrected chi connectivity index (χ1v) is 9.20. The van der Waals surface area contributed by atoms with Crippen molar-refractivity contribution in [1.82, 2.24) is 5.32 Å². The molecule has 0 bridgehead atoms. The second-order valence-electron chi connectivity index (χ2n) is 6.56. The van der Waals surface area contributed by atoms with Crippen molar-refractivity contribution in [2.75, 3.05) is 18.1 Å². The van der Waals surface area contributed by atoms with E-state index in [1.54, 1.807) is 24.3 Å². The van der Waals surface area contributed by atoms with Crippen LogP contribution in [0.25, 0.3) is 0 Å². The van der Waals surface area contributed by atoms with E-state index < -0.39 is 6.04 Å². The number of ether oxygens (including phenoxy) is 1. The normalized spacial score (nSPS) is 20.8. The Morgan fingerprint density at radius 2 is 2.00 bits per heavy atom. The highest BCUT2D eigenvalue weighted by atomic mass is 16.5. The molecule has 1 aliphatic carbocycles. The Kier molecular flexibility index (Phi) is 5.87. The number of benzene rings is 1. The van der Waals surface area contributed by atoms with Gasteiger partial charge in [0, 0.05) is 0 Å². The third-order valence-electron chi connectivity index (χ3n) is 4.77. The maximum absolute atomic E-state index is 12.6. The van der Waals surface area contributed by atoms with Crippen LogP contribution in [-0.2, 0) is 9.59 Å². The molecule has 1 aromatic rings. The van der Waals surface area contributed by atoms with Gasteiger partial charge in [0.1, 0.15) is 5.75 Å². The zero-order valence-corrected chi connectivity index (χ0v) is 14.8. The fourth-order valence-corrected chi connectivity index (χ4v) is 3.46. The summed E-state index contributed by atoms with van der Waals surface area (Å²) in [5.41, 5.74) is 2.08. The van der Waals surface area contributed by atoms with Crippen LogP contribution in [0.15, 0.2) is 35.9 Å². The highest BCUT2D eigenvalue weighted by Gasteiger charge is 2.39. The number of nitrogens with zero attached hydrogens (tertiary/aromatic N) is 1. The van der Waals surface area contributed by atoms with Gasteiger partial charge in [-0.05, 0) is 69.8 Å². The molecule has 0 spiro atoms. The Morgan fingerprint density at radius 3 is 2.68 bits per heavy atom. The maximum atomic E-state index is 12.6. The van der Waals surface area contributed by atoms with Crippen molar-refractivity contribution in [3.8, 4) is 5.75 Å². The lowest BCUT2D eigenvalue weighted by atomic mass is 9.97. The first kappa shape index (κ1) is 17.7. The average molecular weight is 342 g/mol. The van der Waals surface area contributed by atoms with Crippen molar-refractivity contribution in [2.24, 2.45) is 0 Å². The van der Waals surface area contributed by atoms with Gasteiger partial charge in [0.15, 0.2) is 0 Å². The predicted molar refractivity (Wildman–Crippen MR) is 97.7 cm³/mol. The fourth-order valence-electron chi connectivity index (χ4n) is 3.46. The lowest BCUT2D eigenvalue weighted by molar-refractivity contribution is -0.121. The predicted octanol–water partition coefficient (Wildman–Crippen LogP) is 3.20. The van der Waals surface area contributed by atoms with Gasteiger partial charge in [-0.2, -0.15) is 0 Å². The molecular weight excluding hydrogens is 316 g/mol. The molecule has 1 atom stereocenters. The Labute approximate surface area is 149 Å². The smallest absolute Gasteiger partial charge is 0.251 e. The molecule has 25 heavy (non-hydrogen) atoms. The summed E-state index contributed by atoms with van der Waals surface area (Å²) in [5.74, 6) is 0.427. The first-order chi connectivity index (χ1) is 12.2. The van der Waals surface area contributed by atoms with E-state index in [9.17, 15) is 9.59 Å². The third kappa shape index (κ3) is 4.28. The van der Waals surface area contributed by atoms with E-state index >= 15 is 0 Å². The number of hydrogen-bond acceptors (Lipinski definition) is 4. The number of amides is 2. The molecule has 1 saturated heterocycles. The van der Waals surface area contributed by atoms with Gasteiger partial charge < -0.3 is 10.1 Å². The second kappa shape index (κ2) is 8.30. The molecule has 0 aromatic heterocycles. The molecule has 1 fully saturated rings. The molecule has 134 valence electrons. The quantitative estimate of drug-likeness (QED) is 0.611. The number of anilines is 1. The summed E-state index contributed by atoms with van der Waals surface area (Å²) in [7, 11) is 0. The monoisotopic (exact) mass is 342 g/mol. The SMILES string of the molecule is CCOc1ccc(N2C(=O)CC(NCCC3=CCCCC3)C2=O)cc1. The molecule has 2 aliphatic rings. The summed E-state index contributed by atoms with van der Waals surface area (Å²) in [6, 6.07) is 6.68. The Hall–Kier alpha value is -2.14. The summed E-state index contributed by atoms with van der Waals surface area (Å²) in [5, 5.41) is 3.26. The molecule has 5 nitrogen and oxygen atoms in total. The van der Waals surface area contributed by atoms with Crippen LogP contribution in [0, 0.1) is 0 Å². The van der Waals surface area contributed by atoms with E-state index in [0.717, 1.165) is 25.1 Å². The zero-order chi connectivity index (χ0) is 17.6. The number of hydrogen-bond donors (Lipinski definition) is 1. The minimum Gasteiger partial charge on any atom is -0.494 e. The van der Waals surface area contributed by atoms with Gasteiger partial charge in [0.25, 0.3) is 5.91 Å². The van der Waals surface area contributed by atoms with Crippen molar-refractivity contribution in [3.05, 3.63) is 35.9 Å². The van der Waals surface area contributed by atoms with Crippen LogP contribution in [0.4, 0.5) is 5.69 Å². The minimum atomic E-state index is -0.414. The summed E-state index contributed by atoms with van der Waals surface area (Å²) in [6.45, 7) is 3.25. The number of allylic oxidation sites excluding steroid dienone is 1. The van der Waals surface area contributed by atoms with Crippen LogP contribution in [-0.4, -0.2) is 31.0 Å². The van der Waals surface area contributed by atoms with Gasteiger partial charge in [-0.1, -0.05) is 11.6 Å². The van der Waals surface area contributed by atoms with E-state index in [2.05, 4.69) is 11.4 Å². The van der Waals surface area contributed by atoms with Gasteiger partial charge in [-0.25, -0.2) is 4.90 Å². The minimum absolute atomic E-state index is 0.149. The molecule has 1 aliphatic heterocycles.